The predicted molar refractivity (Wildman–Crippen MR) is 54.6 cm³/mol. The Balaban J connectivity index is 1.98. The molecule has 1 aliphatic heterocycles. The molecule has 13 heavy (non-hydrogen) atoms. The molecule has 76 valence electrons. The Labute approximate surface area is 81.9 Å². The molecule has 0 bridgehead atoms. The van der Waals surface area contributed by atoms with Gasteiger partial charge in [-0.1, -0.05) is 27.2 Å². The molecule has 1 saturated heterocycles. The molecule has 1 nitrogen and oxygen atoms in total. The van der Waals surface area contributed by atoms with E-state index in [0.717, 1.165) is 17.8 Å². The van der Waals surface area contributed by atoms with E-state index in [1.807, 2.05) is 0 Å². The van der Waals surface area contributed by atoms with Gasteiger partial charge in [0, 0.05) is 0 Å². The zero-order valence-electron chi connectivity index (χ0n) is 9.34. The monoisotopic (exact) mass is 182 g/mol. The minimum absolute atomic E-state index is 0.268. The normalized spacial score (nSPS) is 51.2. The zero-order valence-corrected chi connectivity index (χ0v) is 9.34. The van der Waals surface area contributed by atoms with Crippen molar-refractivity contribution in [2.75, 3.05) is 0 Å². The molecule has 0 aromatic carbocycles. The first-order valence-electron chi connectivity index (χ1n) is 5.75. The van der Waals surface area contributed by atoms with Gasteiger partial charge in [-0.05, 0) is 37.5 Å². The van der Waals surface area contributed by atoms with Crippen molar-refractivity contribution in [3.05, 3.63) is 0 Å². The van der Waals surface area contributed by atoms with Gasteiger partial charge >= 0.3 is 0 Å². The highest BCUT2D eigenvalue weighted by molar-refractivity contribution is 5.07. The van der Waals surface area contributed by atoms with Gasteiger partial charge in [-0.2, -0.15) is 0 Å². The lowest BCUT2D eigenvalue weighted by molar-refractivity contribution is 0.191. The van der Waals surface area contributed by atoms with Gasteiger partial charge in [0.1, 0.15) is 0 Å². The fourth-order valence-electron chi connectivity index (χ4n) is 2.85. The van der Waals surface area contributed by atoms with Crippen molar-refractivity contribution in [2.45, 2.75) is 58.7 Å². The Kier molecular flexibility index (Phi) is 2.18. The molecule has 2 rings (SSSR count). The van der Waals surface area contributed by atoms with Gasteiger partial charge in [0.2, 0.25) is 0 Å². The standard InChI is InChI=1S/C12H22O/c1-5-8(2)10-6-9(3)12(4)11(7-10)13-12/h8-11H,5-7H2,1-4H3. The van der Waals surface area contributed by atoms with Crippen molar-refractivity contribution in [1.82, 2.24) is 0 Å². The third-order valence-corrected chi connectivity index (χ3v) is 4.58. The van der Waals surface area contributed by atoms with E-state index in [-0.39, 0.29) is 5.60 Å². The van der Waals surface area contributed by atoms with Crippen molar-refractivity contribution < 1.29 is 4.74 Å². The van der Waals surface area contributed by atoms with E-state index in [1.54, 1.807) is 0 Å². The molecule has 5 unspecified atom stereocenters. The topological polar surface area (TPSA) is 12.5 Å². The van der Waals surface area contributed by atoms with Gasteiger partial charge in [-0.3, -0.25) is 0 Å². The van der Waals surface area contributed by atoms with Crippen LogP contribution >= 0.6 is 0 Å². The van der Waals surface area contributed by atoms with E-state index < -0.39 is 0 Å². The Morgan fingerprint density at radius 1 is 1.46 bits per heavy atom. The highest BCUT2D eigenvalue weighted by Gasteiger charge is 2.59. The van der Waals surface area contributed by atoms with Crippen LogP contribution in [0.25, 0.3) is 0 Å². The van der Waals surface area contributed by atoms with Gasteiger partial charge in [0.25, 0.3) is 0 Å². The van der Waals surface area contributed by atoms with E-state index in [0.29, 0.717) is 6.10 Å². The minimum Gasteiger partial charge on any atom is -0.366 e. The summed E-state index contributed by atoms with van der Waals surface area (Å²) in [5.74, 6) is 2.57. The summed E-state index contributed by atoms with van der Waals surface area (Å²) in [7, 11) is 0. The predicted octanol–water partition coefficient (Wildman–Crippen LogP) is 3.24. The number of epoxide rings is 1. The Hall–Kier alpha value is -0.0400. The van der Waals surface area contributed by atoms with E-state index in [2.05, 4.69) is 27.7 Å². The SMILES string of the molecule is CCC(C)C1CC(C)C2(C)OC2C1. The summed E-state index contributed by atoms with van der Waals surface area (Å²) in [6, 6.07) is 0. The van der Waals surface area contributed by atoms with Crippen molar-refractivity contribution in [3.8, 4) is 0 Å². The summed E-state index contributed by atoms with van der Waals surface area (Å²) in [5, 5.41) is 0. The molecule has 0 aromatic rings. The van der Waals surface area contributed by atoms with Gasteiger partial charge < -0.3 is 4.74 Å². The fraction of sp³-hybridized carbons (Fsp3) is 1.00. The number of hydrogen-bond donors (Lipinski definition) is 0. The maximum atomic E-state index is 5.80. The lowest BCUT2D eigenvalue weighted by Crippen LogP contribution is -2.32. The van der Waals surface area contributed by atoms with Crippen molar-refractivity contribution in [3.63, 3.8) is 0 Å². The average molecular weight is 182 g/mol. The molecule has 2 aliphatic rings. The third kappa shape index (κ3) is 1.41. The number of rotatable bonds is 2. The quantitative estimate of drug-likeness (QED) is 0.597. The summed E-state index contributed by atoms with van der Waals surface area (Å²) >= 11 is 0. The highest BCUT2D eigenvalue weighted by Crippen LogP contribution is 2.54. The highest BCUT2D eigenvalue weighted by atomic mass is 16.6. The molecule has 1 heterocycles. The molecular weight excluding hydrogens is 160 g/mol. The Bertz CT molecular complexity index is 201. The van der Waals surface area contributed by atoms with Crippen LogP contribution in [-0.2, 0) is 4.74 Å². The summed E-state index contributed by atoms with van der Waals surface area (Å²) in [6.45, 7) is 9.34. The molecule has 0 radical (unpaired) electrons. The van der Waals surface area contributed by atoms with Crippen LogP contribution in [0.15, 0.2) is 0 Å². The molecule has 2 fully saturated rings. The summed E-state index contributed by atoms with van der Waals surface area (Å²) < 4.78 is 5.80. The molecule has 1 saturated carbocycles. The maximum Gasteiger partial charge on any atom is 0.0945 e. The van der Waals surface area contributed by atoms with Crippen LogP contribution < -0.4 is 0 Å². The van der Waals surface area contributed by atoms with Crippen LogP contribution in [0.1, 0.15) is 47.0 Å². The molecular formula is C12H22O. The maximum absolute atomic E-state index is 5.80. The van der Waals surface area contributed by atoms with Gasteiger partial charge in [0.15, 0.2) is 0 Å². The Morgan fingerprint density at radius 3 is 2.69 bits per heavy atom. The minimum atomic E-state index is 0.268. The summed E-state index contributed by atoms with van der Waals surface area (Å²) in [6.07, 6.45) is 4.61. The molecule has 0 N–H and O–H groups in total. The molecule has 0 aromatic heterocycles. The molecule has 5 atom stereocenters. The second-order valence-electron chi connectivity index (χ2n) is 5.31. The van der Waals surface area contributed by atoms with Gasteiger partial charge in [-0.25, -0.2) is 0 Å². The van der Waals surface area contributed by atoms with Crippen LogP contribution in [0, 0.1) is 17.8 Å². The van der Waals surface area contributed by atoms with Gasteiger partial charge in [0.05, 0.1) is 11.7 Å². The fourth-order valence-corrected chi connectivity index (χ4v) is 2.85. The van der Waals surface area contributed by atoms with Crippen LogP contribution in [0.4, 0.5) is 0 Å². The lowest BCUT2D eigenvalue weighted by Gasteiger charge is -2.31. The second-order valence-corrected chi connectivity index (χ2v) is 5.31. The van der Waals surface area contributed by atoms with E-state index in [4.69, 9.17) is 4.74 Å². The average Bonchev–Trinajstić information content (AvgIpc) is 2.77. The molecule has 1 heteroatoms. The van der Waals surface area contributed by atoms with Crippen molar-refractivity contribution in [1.29, 1.82) is 0 Å². The smallest absolute Gasteiger partial charge is 0.0945 e. The molecule has 0 amide bonds. The van der Waals surface area contributed by atoms with E-state index in [1.165, 1.54) is 19.3 Å². The van der Waals surface area contributed by atoms with E-state index in [9.17, 15) is 0 Å². The van der Waals surface area contributed by atoms with E-state index >= 15 is 0 Å². The number of hydrogen-bond acceptors (Lipinski definition) is 1. The molecule has 1 aliphatic carbocycles. The first-order valence-corrected chi connectivity index (χ1v) is 5.75. The summed E-state index contributed by atoms with van der Waals surface area (Å²) in [4.78, 5) is 0. The first-order chi connectivity index (χ1) is 6.08. The largest absolute Gasteiger partial charge is 0.366 e. The van der Waals surface area contributed by atoms with Crippen LogP contribution in [0.3, 0.4) is 0 Å². The molecule has 0 spiro atoms. The van der Waals surface area contributed by atoms with Crippen molar-refractivity contribution >= 4 is 0 Å². The van der Waals surface area contributed by atoms with Crippen LogP contribution in [-0.4, -0.2) is 11.7 Å². The summed E-state index contributed by atoms with van der Waals surface area (Å²) in [5.41, 5.74) is 0.268. The van der Waals surface area contributed by atoms with Crippen molar-refractivity contribution in [2.24, 2.45) is 17.8 Å². The Morgan fingerprint density at radius 2 is 2.15 bits per heavy atom. The third-order valence-electron chi connectivity index (χ3n) is 4.58. The second kappa shape index (κ2) is 2.98. The first kappa shape index (κ1) is 9.51. The lowest BCUT2D eigenvalue weighted by atomic mass is 9.71. The van der Waals surface area contributed by atoms with Gasteiger partial charge in [-0.15, -0.1) is 0 Å². The van der Waals surface area contributed by atoms with Crippen LogP contribution in [0.2, 0.25) is 0 Å². The zero-order chi connectivity index (χ0) is 9.64. The number of fused-ring (bicyclic) bond motifs is 1. The van der Waals surface area contributed by atoms with Crippen LogP contribution in [0.5, 0.6) is 0 Å². The number of ether oxygens (including phenoxy) is 1.